The summed E-state index contributed by atoms with van der Waals surface area (Å²) in [4.78, 5) is 37.4. The molecule has 236 valence electrons. The molecular weight excluding hydrogens is 594 g/mol. The van der Waals surface area contributed by atoms with Gasteiger partial charge in [-0.15, -0.1) is 0 Å². The van der Waals surface area contributed by atoms with Gasteiger partial charge in [0.2, 0.25) is 11.8 Å². The quantitative estimate of drug-likeness (QED) is 0.385. The Morgan fingerprint density at radius 3 is 2.12 bits per heavy atom. The number of sulfone groups is 1. The number of halogens is 4. The number of carboxylic acids is 1. The maximum Gasteiger partial charge on any atom is 0.490 e. The number of carbonyl (C=O) groups excluding carboxylic acids is 2. The molecule has 2 amide bonds. The molecule has 2 fully saturated rings. The molecule has 0 aromatic heterocycles. The zero-order valence-corrected chi connectivity index (χ0v) is 24.4. The second-order valence-electron chi connectivity index (χ2n) is 10.9. The van der Waals surface area contributed by atoms with Crippen molar-refractivity contribution in [3.05, 3.63) is 71.0 Å². The summed E-state index contributed by atoms with van der Waals surface area (Å²) >= 11 is 0. The molecule has 2 aliphatic heterocycles. The highest BCUT2D eigenvalue weighted by Crippen LogP contribution is 2.43. The SMILES string of the molecule is CS(=O)(=O)CC(=O)N(CCc1ccc(F)cc1)CCN1[C@@H]2CC[C@H]1CC(c1cccc(C(N)=O)c1)C2.O=C(O)C(F)(F)F. The van der Waals surface area contributed by atoms with E-state index in [-0.39, 0.29) is 5.82 Å². The molecule has 4 rings (SSSR count). The van der Waals surface area contributed by atoms with Gasteiger partial charge in [-0.2, -0.15) is 13.2 Å². The lowest BCUT2D eigenvalue weighted by Crippen LogP contribution is -2.48. The van der Waals surface area contributed by atoms with Crippen LogP contribution in [0.3, 0.4) is 0 Å². The second kappa shape index (κ2) is 14.3. The lowest BCUT2D eigenvalue weighted by atomic mass is 9.84. The summed E-state index contributed by atoms with van der Waals surface area (Å²) in [5.74, 6) is -4.04. The molecule has 2 aromatic carbocycles. The first kappa shape index (κ1) is 34.0. The van der Waals surface area contributed by atoms with Crippen molar-refractivity contribution in [1.29, 1.82) is 0 Å². The number of amides is 2. The topological polar surface area (TPSA) is 138 Å². The normalized spacial score (nSPS) is 20.2. The van der Waals surface area contributed by atoms with Crippen molar-refractivity contribution in [2.75, 3.05) is 31.6 Å². The molecular formula is C29H35F4N3O6S. The number of carboxylic acid groups (broad SMARTS) is 1. The molecule has 0 saturated carbocycles. The van der Waals surface area contributed by atoms with Gasteiger partial charge < -0.3 is 15.7 Å². The third-order valence-electron chi connectivity index (χ3n) is 7.72. The molecule has 3 N–H and O–H groups in total. The minimum atomic E-state index is -5.08. The minimum absolute atomic E-state index is 0.316. The summed E-state index contributed by atoms with van der Waals surface area (Å²) in [6, 6.07) is 14.5. The summed E-state index contributed by atoms with van der Waals surface area (Å²) in [5, 5.41) is 7.12. The number of nitrogens with two attached hydrogens (primary N) is 1. The molecule has 9 nitrogen and oxygen atoms in total. The average Bonchev–Trinajstić information content (AvgIpc) is 3.14. The monoisotopic (exact) mass is 629 g/mol. The predicted molar refractivity (Wildman–Crippen MR) is 151 cm³/mol. The molecule has 1 unspecified atom stereocenters. The predicted octanol–water partition coefficient (Wildman–Crippen LogP) is 3.38. The number of piperidine rings is 1. The molecule has 0 spiro atoms. The summed E-state index contributed by atoms with van der Waals surface area (Å²) in [7, 11) is -3.44. The molecule has 2 aromatic rings. The van der Waals surface area contributed by atoms with E-state index in [4.69, 9.17) is 15.6 Å². The smallest absolute Gasteiger partial charge is 0.475 e. The Balaban J connectivity index is 0.000000646. The van der Waals surface area contributed by atoms with Crippen molar-refractivity contribution in [2.45, 2.75) is 56.3 Å². The minimum Gasteiger partial charge on any atom is -0.475 e. The van der Waals surface area contributed by atoms with Gasteiger partial charge in [0.25, 0.3) is 0 Å². The first-order valence-corrected chi connectivity index (χ1v) is 15.7. The zero-order valence-electron chi connectivity index (χ0n) is 23.6. The molecule has 2 saturated heterocycles. The maximum absolute atomic E-state index is 13.2. The van der Waals surface area contributed by atoms with E-state index in [2.05, 4.69) is 11.0 Å². The second-order valence-corrected chi connectivity index (χ2v) is 13.1. The van der Waals surface area contributed by atoms with Crippen LogP contribution >= 0.6 is 0 Å². The van der Waals surface area contributed by atoms with E-state index in [9.17, 15) is 35.6 Å². The van der Waals surface area contributed by atoms with Crippen molar-refractivity contribution >= 4 is 27.6 Å². The Bertz CT molecular complexity index is 1390. The van der Waals surface area contributed by atoms with E-state index < -0.39 is 39.6 Å². The number of fused-ring (bicyclic) bond motifs is 2. The van der Waals surface area contributed by atoms with Gasteiger partial charge in [0, 0.05) is 43.5 Å². The van der Waals surface area contributed by atoms with Crippen LogP contribution in [0.25, 0.3) is 0 Å². The van der Waals surface area contributed by atoms with Crippen LogP contribution in [0.4, 0.5) is 17.6 Å². The third-order valence-corrected chi connectivity index (χ3v) is 8.49. The van der Waals surface area contributed by atoms with E-state index in [0.29, 0.717) is 49.6 Å². The number of hydrogen-bond donors (Lipinski definition) is 2. The number of carbonyl (C=O) groups is 3. The molecule has 2 heterocycles. The van der Waals surface area contributed by atoms with Crippen LogP contribution in [0.5, 0.6) is 0 Å². The Morgan fingerprint density at radius 1 is 1.02 bits per heavy atom. The first-order chi connectivity index (χ1) is 20.0. The van der Waals surface area contributed by atoms with E-state index >= 15 is 0 Å². The summed E-state index contributed by atoms with van der Waals surface area (Å²) in [6.07, 6.45) is 0.645. The molecule has 14 heteroatoms. The summed E-state index contributed by atoms with van der Waals surface area (Å²) < 4.78 is 68.5. The highest BCUT2D eigenvalue weighted by molar-refractivity contribution is 7.91. The van der Waals surface area contributed by atoms with Crippen LogP contribution in [0.15, 0.2) is 48.5 Å². The van der Waals surface area contributed by atoms with Crippen molar-refractivity contribution in [2.24, 2.45) is 5.73 Å². The van der Waals surface area contributed by atoms with Gasteiger partial charge >= 0.3 is 12.1 Å². The fraction of sp³-hybridized carbons (Fsp3) is 0.483. The summed E-state index contributed by atoms with van der Waals surface area (Å²) in [5.41, 5.74) is 8.04. The number of alkyl halides is 3. The van der Waals surface area contributed by atoms with Gasteiger partial charge in [0.1, 0.15) is 11.6 Å². The lowest BCUT2D eigenvalue weighted by Gasteiger charge is -2.40. The van der Waals surface area contributed by atoms with Crippen LogP contribution < -0.4 is 5.73 Å². The standard InChI is InChI=1S/C27H34FN3O4S.C2HF3O2/c1-36(34,35)18-26(32)30(12-11-19-5-7-23(28)8-6-19)13-14-31-24-9-10-25(31)17-22(16-24)20-3-2-4-21(15-20)27(29)33;3-2(4,5)1(6)7/h2-8,15,22,24-25H,9-14,16-18H2,1H3,(H2,29,33);(H,6,7)/t22?,24-,25+;. The van der Waals surface area contributed by atoms with Crippen molar-refractivity contribution in [3.63, 3.8) is 0 Å². The largest absolute Gasteiger partial charge is 0.490 e. The number of hydrogen-bond acceptors (Lipinski definition) is 6. The van der Waals surface area contributed by atoms with Gasteiger partial charge in [0.05, 0.1) is 0 Å². The molecule has 3 atom stereocenters. The van der Waals surface area contributed by atoms with Gasteiger partial charge in [0.15, 0.2) is 9.84 Å². The average molecular weight is 630 g/mol. The van der Waals surface area contributed by atoms with Crippen molar-refractivity contribution < 1.29 is 45.5 Å². The van der Waals surface area contributed by atoms with E-state index in [1.165, 1.54) is 12.1 Å². The van der Waals surface area contributed by atoms with E-state index in [1.54, 1.807) is 23.1 Å². The fourth-order valence-electron chi connectivity index (χ4n) is 5.69. The van der Waals surface area contributed by atoms with Crippen molar-refractivity contribution in [1.82, 2.24) is 9.80 Å². The number of rotatable bonds is 10. The molecule has 0 aliphatic carbocycles. The Labute approximate surface area is 247 Å². The number of nitrogens with zero attached hydrogens (tertiary/aromatic N) is 2. The van der Waals surface area contributed by atoms with Gasteiger partial charge in [-0.25, -0.2) is 17.6 Å². The first-order valence-electron chi connectivity index (χ1n) is 13.7. The Kier molecular flexibility index (Phi) is 11.3. The zero-order chi connectivity index (χ0) is 31.9. The van der Waals surface area contributed by atoms with Gasteiger partial charge in [-0.05, 0) is 73.4 Å². The lowest BCUT2D eigenvalue weighted by molar-refractivity contribution is -0.192. The molecule has 2 aliphatic rings. The highest BCUT2D eigenvalue weighted by atomic mass is 32.2. The molecule has 0 radical (unpaired) electrons. The summed E-state index contributed by atoms with van der Waals surface area (Å²) in [6.45, 7) is 1.51. The van der Waals surface area contributed by atoms with Crippen LogP contribution in [-0.2, 0) is 25.8 Å². The van der Waals surface area contributed by atoms with Gasteiger partial charge in [-0.1, -0.05) is 24.3 Å². The van der Waals surface area contributed by atoms with Crippen molar-refractivity contribution in [3.8, 4) is 0 Å². The Hall–Kier alpha value is -3.52. The van der Waals surface area contributed by atoms with Crippen LogP contribution in [-0.4, -0.2) is 91.0 Å². The number of aliphatic carboxylic acids is 1. The fourth-order valence-corrected chi connectivity index (χ4v) is 6.32. The number of benzene rings is 2. The highest BCUT2D eigenvalue weighted by Gasteiger charge is 2.41. The molecule has 2 bridgehead atoms. The van der Waals surface area contributed by atoms with Crippen LogP contribution in [0.1, 0.15) is 53.1 Å². The Morgan fingerprint density at radius 2 is 1.60 bits per heavy atom. The van der Waals surface area contributed by atoms with E-state index in [0.717, 1.165) is 43.1 Å². The van der Waals surface area contributed by atoms with E-state index in [1.807, 2.05) is 12.1 Å². The molecule has 43 heavy (non-hydrogen) atoms. The van der Waals surface area contributed by atoms with Crippen LogP contribution in [0.2, 0.25) is 0 Å². The maximum atomic E-state index is 13.2. The van der Waals surface area contributed by atoms with Crippen LogP contribution in [0, 0.1) is 5.82 Å². The third kappa shape index (κ3) is 10.3. The van der Waals surface area contributed by atoms with Gasteiger partial charge in [-0.3, -0.25) is 14.5 Å². The number of primary amides is 1.